The Kier molecular flexibility index (Phi) is 5.31. The number of aromatic nitrogens is 4. The first-order valence-electron chi connectivity index (χ1n) is 10.7. The van der Waals surface area contributed by atoms with E-state index in [1.165, 1.54) is 10.6 Å². The highest BCUT2D eigenvalue weighted by atomic mass is 35.5. The van der Waals surface area contributed by atoms with Gasteiger partial charge in [0.1, 0.15) is 5.82 Å². The molecule has 6 nitrogen and oxygen atoms in total. The van der Waals surface area contributed by atoms with Gasteiger partial charge in [0, 0.05) is 24.0 Å². The van der Waals surface area contributed by atoms with Crippen LogP contribution in [0.1, 0.15) is 37.5 Å². The minimum absolute atomic E-state index is 0.00370. The number of halogens is 4. The number of imidazole rings is 1. The molecule has 0 saturated heterocycles. The summed E-state index contributed by atoms with van der Waals surface area (Å²) in [5.41, 5.74) is 1.18. The number of hydrogen-bond acceptors (Lipinski definition) is 3. The lowest BCUT2D eigenvalue weighted by atomic mass is 10.2. The Morgan fingerprint density at radius 2 is 1.73 bits per heavy atom. The molecular formula is C23H20ClF3N4O2. The molecule has 0 atom stereocenters. The topological polar surface area (TPSA) is 61.8 Å². The smallest absolute Gasteiger partial charge is 0.327 e. The van der Waals surface area contributed by atoms with E-state index in [4.69, 9.17) is 11.6 Å². The van der Waals surface area contributed by atoms with Gasteiger partial charge in [0.05, 0.1) is 28.5 Å². The quantitative estimate of drug-likeness (QED) is 0.398. The van der Waals surface area contributed by atoms with E-state index in [2.05, 4.69) is 4.98 Å². The molecule has 33 heavy (non-hydrogen) atoms. The summed E-state index contributed by atoms with van der Waals surface area (Å²) in [4.78, 5) is 30.2. The van der Waals surface area contributed by atoms with Gasteiger partial charge in [0.15, 0.2) is 0 Å². The molecule has 0 amide bonds. The van der Waals surface area contributed by atoms with Crippen LogP contribution < -0.4 is 11.2 Å². The third-order valence-corrected chi connectivity index (χ3v) is 6.18. The Bertz CT molecular complexity index is 1480. The van der Waals surface area contributed by atoms with Crippen molar-refractivity contribution in [2.24, 2.45) is 0 Å². The second-order valence-electron chi connectivity index (χ2n) is 8.32. The lowest BCUT2D eigenvalue weighted by Gasteiger charge is -2.17. The molecule has 0 bridgehead atoms. The number of para-hydroxylation sites is 2. The van der Waals surface area contributed by atoms with Crippen molar-refractivity contribution in [1.29, 1.82) is 0 Å². The van der Waals surface area contributed by atoms with E-state index in [9.17, 15) is 22.8 Å². The maximum Gasteiger partial charge on any atom is 0.389 e. The van der Waals surface area contributed by atoms with Crippen LogP contribution in [0.15, 0.2) is 52.1 Å². The Hall–Kier alpha value is -3.07. The molecule has 5 rings (SSSR count). The molecule has 1 fully saturated rings. The molecule has 0 radical (unpaired) electrons. The highest BCUT2D eigenvalue weighted by Gasteiger charge is 2.29. The van der Waals surface area contributed by atoms with Crippen molar-refractivity contribution in [2.45, 2.75) is 51.0 Å². The zero-order valence-electron chi connectivity index (χ0n) is 17.5. The first-order chi connectivity index (χ1) is 15.7. The second-order valence-corrected chi connectivity index (χ2v) is 8.76. The predicted octanol–water partition coefficient (Wildman–Crippen LogP) is 4.89. The first-order valence-corrected chi connectivity index (χ1v) is 11.1. The monoisotopic (exact) mass is 476 g/mol. The fourth-order valence-corrected chi connectivity index (χ4v) is 4.48. The highest BCUT2D eigenvalue weighted by molar-refractivity contribution is 6.31. The van der Waals surface area contributed by atoms with Crippen molar-refractivity contribution < 1.29 is 13.2 Å². The Morgan fingerprint density at radius 3 is 2.42 bits per heavy atom. The van der Waals surface area contributed by atoms with Gasteiger partial charge in [-0.3, -0.25) is 13.9 Å². The summed E-state index contributed by atoms with van der Waals surface area (Å²) in [6.45, 7) is -0.0326. The minimum atomic E-state index is -4.29. The maximum atomic E-state index is 13.3. The first kappa shape index (κ1) is 21.8. The maximum absolute atomic E-state index is 13.3. The van der Waals surface area contributed by atoms with Crippen molar-refractivity contribution in [2.75, 3.05) is 0 Å². The average Bonchev–Trinajstić information content (AvgIpc) is 3.55. The number of alkyl halides is 3. The molecule has 2 aromatic heterocycles. The van der Waals surface area contributed by atoms with Crippen molar-refractivity contribution >= 4 is 33.5 Å². The van der Waals surface area contributed by atoms with Crippen LogP contribution in [-0.2, 0) is 13.1 Å². The molecule has 0 unspecified atom stereocenters. The molecule has 172 valence electrons. The van der Waals surface area contributed by atoms with Crippen LogP contribution in [0.4, 0.5) is 13.2 Å². The lowest BCUT2D eigenvalue weighted by Crippen LogP contribution is -2.28. The van der Waals surface area contributed by atoms with Crippen LogP contribution in [0.2, 0.25) is 5.02 Å². The molecule has 1 aliphatic carbocycles. The molecule has 10 heteroatoms. The zero-order valence-corrected chi connectivity index (χ0v) is 18.2. The van der Waals surface area contributed by atoms with E-state index in [1.807, 2.05) is 24.3 Å². The zero-order chi connectivity index (χ0) is 23.3. The summed E-state index contributed by atoms with van der Waals surface area (Å²) < 4.78 is 43.3. The third-order valence-electron chi connectivity index (χ3n) is 5.94. The summed E-state index contributed by atoms with van der Waals surface area (Å²) in [5.74, 6) is 0.234. The van der Waals surface area contributed by atoms with E-state index in [0.717, 1.165) is 18.4 Å². The fourth-order valence-electron chi connectivity index (χ4n) is 4.31. The molecule has 2 heterocycles. The van der Waals surface area contributed by atoms with Crippen LogP contribution in [0.3, 0.4) is 0 Å². The van der Waals surface area contributed by atoms with Crippen molar-refractivity contribution in [3.63, 3.8) is 0 Å². The molecular weight excluding hydrogens is 457 g/mol. The molecule has 4 aromatic rings. The van der Waals surface area contributed by atoms with E-state index >= 15 is 0 Å². The van der Waals surface area contributed by atoms with E-state index in [1.54, 1.807) is 21.3 Å². The Balaban J connectivity index is 1.65. The SMILES string of the molecule is O=c1nc(Cn2c(=O)n(C3CC3)c3ccccc32)n(CCCC(F)(F)F)c2ccc(Cl)cc12. The van der Waals surface area contributed by atoms with Gasteiger partial charge in [0.25, 0.3) is 5.56 Å². The Labute approximate surface area is 190 Å². The van der Waals surface area contributed by atoms with Crippen LogP contribution in [0, 0.1) is 0 Å². The normalized spacial score (nSPS) is 14.4. The number of hydrogen-bond donors (Lipinski definition) is 0. The molecule has 1 aliphatic rings. The van der Waals surface area contributed by atoms with Crippen LogP contribution >= 0.6 is 11.6 Å². The van der Waals surface area contributed by atoms with E-state index < -0.39 is 18.2 Å². The number of aryl methyl sites for hydroxylation is 1. The van der Waals surface area contributed by atoms with Gasteiger partial charge in [-0.25, -0.2) is 4.79 Å². The molecule has 0 N–H and O–H groups in total. The summed E-state index contributed by atoms with van der Waals surface area (Å²) in [7, 11) is 0. The van der Waals surface area contributed by atoms with Gasteiger partial charge in [0.2, 0.25) is 0 Å². The minimum Gasteiger partial charge on any atom is -0.327 e. The van der Waals surface area contributed by atoms with Gasteiger partial charge in [-0.15, -0.1) is 0 Å². The summed E-state index contributed by atoms with van der Waals surface area (Å²) in [6.07, 6.45) is -3.59. The third kappa shape index (κ3) is 4.17. The van der Waals surface area contributed by atoms with Gasteiger partial charge >= 0.3 is 11.9 Å². The van der Waals surface area contributed by atoms with Crippen molar-refractivity contribution in [1.82, 2.24) is 18.7 Å². The second kappa shape index (κ2) is 8.06. The number of benzene rings is 2. The predicted molar refractivity (Wildman–Crippen MR) is 120 cm³/mol. The van der Waals surface area contributed by atoms with Crippen molar-refractivity contribution in [3.8, 4) is 0 Å². The van der Waals surface area contributed by atoms with Gasteiger partial charge < -0.3 is 4.57 Å². The Morgan fingerprint density at radius 1 is 1.00 bits per heavy atom. The average molecular weight is 477 g/mol. The number of fused-ring (bicyclic) bond motifs is 2. The van der Waals surface area contributed by atoms with Crippen LogP contribution in [-0.4, -0.2) is 24.9 Å². The van der Waals surface area contributed by atoms with Gasteiger partial charge in [-0.1, -0.05) is 23.7 Å². The molecule has 2 aromatic carbocycles. The summed E-state index contributed by atoms with van der Waals surface area (Å²) in [6, 6.07) is 12.2. The lowest BCUT2D eigenvalue weighted by molar-refractivity contribution is -0.135. The van der Waals surface area contributed by atoms with Crippen LogP contribution in [0.25, 0.3) is 21.9 Å². The largest absolute Gasteiger partial charge is 0.389 e. The van der Waals surface area contributed by atoms with E-state index in [-0.39, 0.29) is 42.5 Å². The molecule has 0 spiro atoms. The number of rotatable bonds is 6. The van der Waals surface area contributed by atoms with E-state index in [0.29, 0.717) is 16.1 Å². The standard InChI is InChI=1S/C23H20ClF3N4O2/c24-14-6-9-17-16(12-14)21(32)28-20(29(17)11-3-10-23(25,26)27)13-30-18-4-1-2-5-19(18)31(22(30)33)15-7-8-15/h1-2,4-6,9,12,15H,3,7-8,10-11,13H2. The van der Waals surface area contributed by atoms with Crippen molar-refractivity contribution in [3.05, 3.63) is 74.1 Å². The molecule has 1 saturated carbocycles. The van der Waals surface area contributed by atoms with Gasteiger partial charge in [-0.05, 0) is 49.6 Å². The highest BCUT2D eigenvalue weighted by Crippen LogP contribution is 2.36. The fraction of sp³-hybridized carbons (Fsp3) is 0.348. The summed E-state index contributed by atoms with van der Waals surface area (Å²) in [5, 5.41) is 0.561. The summed E-state index contributed by atoms with van der Waals surface area (Å²) >= 11 is 6.03. The van der Waals surface area contributed by atoms with Crippen LogP contribution in [0.5, 0.6) is 0 Å². The number of nitrogens with zero attached hydrogens (tertiary/aromatic N) is 4. The molecule has 0 aliphatic heterocycles. The van der Waals surface area contributed by atoms with Gasteiger partial charge in [-0.2, -0.15) is 18.2 Å².